The second-order valence-corrected chi connectivity index (χ2v) is 6.81. The number of nitrogens with zero attached hydrogens (tertiary/aromatic N) is 2. The minimum Gasteiger partial charge on any atom is -0.497 e. The molecule has 0 radical (unpaired) electrons. The summed E-state index contributed by atoms with van der Waals surface area (Å²) in [6, 6.07) is 13.7. The van der Waals surface area contributed by atoms with Crippen molar-refractivity contribution >= 4 is 17.0 Å². The first-order chi connectivity index (χ1) is 13.3. The average Bonchev–Trinajstić information content (AvgIpc) is 3.11. The summed E-state index contributed by atoms with van der Waals surface area (Å²) in [7, 11) is 1.66. The highest BCUT2D eigenvalue weighted by atomic mass is 32.1. The molecule has 0 spiro atoms. The van der Waals surface area contributed by atoms with E-state index in [4.69, 9.17) is 19.2 Å². The van der Waals surface area contributed by atoms with Crippen LogP contribution in [0.5, 0.6) is 17.2 Å². The Balaban J connectivity index is 1.76. The quantitative estimate of drug-likeness (QED) is 0.616. The van der Waals surface area contributed by atoms with Crippen molar-refractivity contribution in [3.63, 3.8) is 0 Å². The van der Waals surface area contributed by atoms with Crippen LogP contribution in [0.4, 0.5) is 5.69 Å². The maximum Gasteiger partial charge on any atom is 0.190 e. The van der Waals surface area contributed by atoms with Crippen molar-refractivity contribution in [2.45, 2.75) is 6.54 Å². The van der Waals surface area contributed by atoms with Crippen LogP contribution in [0, 0.1) is 0 Å². The van der Waals surface area contributed by atoms with Gasteiger partial charge < -0.3 is 18.8 Å². The summed E-state index contributed by atoms with van der Waals surface area (Å²) in [6.07, 6.45) is 1.88. The van der Waals surface area contributed by atoms with Crippen molar-refractivity contribution < 1.29 is 14.2 Å². The van der Waals surface area contributed by atoms with Crippen LogP contribution in [-0.4, -0.2) is 24.9 Å². The maximum absolute atomic E-state index is 5.72. The van der Waals surface area contributed by atoms with Crippen molar-refractivity contribution in [3.8, 4) is 28.5 Å². The zero-order valence-electron chi connectivity index (χ0n) is 15.1. The Morgan fingerprint density at radius 3 is 2.67 bits per heavy atom. The van der Waals surface area contributed by atoms with E-state index in [9.17, 15) is 0 Å². The Morgan fingerprint density at radius 2 is 1.93 bits per heavy atom. The van der Waals surface area contributed by atoms with E-state index in [0.717, 1.165) is 39.0 Å². The Kier molecular flexibility index (Phi) is 4.98. The first kappa shape index (κ1) is 17.4. The van der Waals surface area contributed by atoms with Gasteiger partial charge in [-0.15, -0.1) is 17.9 Å². The molecule has 2 heterocycles. The Labute approximate surface area is 161 Å². The van der Waals surface area contributed by atoms with Gasteiger partial charge in [0, 0.05) is 17.5 Å². The third-order valence-corrected chi connectivity index (χ3v) is 5.11. The highest BCUT2D eigenvalue weighted by Crippen LogP contribution is 2.34. The van der Waals surface area contributed by atoms with Gasteiger partial charge >= 0.3 is 0 Å². The maximum atomic E-state index is 5.72. The molecule has 0 atom stereocenters. The summed E-state index contributed by atoms with van der Waals surface area (Å²) < 4.78 is 18.7. The molecule has 0 unspecified atom stereocenters. The van der Waals surface area contributed by atoms with Gasteiger partial charge in [-0.2, -0.15) is 0 Å². The normalized spacial score (nSPS) is 13.4. The van der Waals surface area contributed by atoms with E-state index in [2.05, 4.69) is 16.5 Å². The van der Waals surface area contributed by atoms with Crippen LogP contribution in [0.15, 0.2) is 65.5 Å². The number of benzene rings is 2. The van der Waals surface area contributed by atoms with Crippen LogP contribution in [0.1, 0.15) is 0 Å². The summed E-state index contributed by atoms with van der Waals surface area (Å²) >= 11 is 1.60. The minimum atomic E-state index is 0.574. The van der Waals surface area contributed by atoms with Gasteiger partial charge in [-0.05, 0) is 42.5 Å². The van der Waals surface area contributed by atoms with E-state index >= 15 is 0 Å². The van der Waals surface area contributed by atoms with Gasteiger partial charge in [0.25, 0.3) is 0 Å². The molecule has 0 aliphatic carbocycles. The molecule has 2 aromatic carbocycles. The standard InChI is InChI=1S/C21H20N2O3S/c1-3-10-23-18(15-4-9-19-20(13-15)26-12-11-25-19)14-27-21(23)22-16-5-7-17(24-2)8-6-16/h3-9,13-14H,1,10-12H2,2H3. The highest BCUT2D eigenvalue weighted by Gasteiger charge is 2.14. The third-order valence-electron chi connectivity index (χ3n) is 4.24. The number of ether oxygens (including phenoxy) is 3. The molecular weight excluding hydrogens is 360 g/mol. The smallest absolute Gasteiger partial charge is 0.190 e. The molecule has 5 nitrogen and oxygen atoms in total. The number of hydrogen-bond acceptors (Lipinski definition) is 5. The molecule has 6 heteroatoms. The molecule has 4 rings (SSSR count). The summed E-state index contributed by atoms with van der Waals surface area (Å²) in [5.41, 5.74) is 3.02. The Bertz CT molecular complexity index is 1020. The lowest BCUT2D eigenvalue weighted by Gasteiger charge is -2.19. The first-order valence-corrected chi connectivity index (χ1v) is 9.54. The lowest BCUT2D eigenvalue weighted by atomic mass is 10.1. The van der Waals surface area contributed by atoms with Crippen molar-refractivity contribution in [2.75, 3.05) is 20.3 Å². The van der Waals surface area contributed by atoms with Crippen molar-refractivity contribution in [1.82, 2.24) is 4.57 Å². The number of hydrogen-bond donors (Lipinski definition) is 0. The van der Waals surface area contributed by atoms with Crippen LogP contribution in [-0.2, 0) is 6.54 Å². The van der Waals surface area contributed by atoms with Crippen LogP contribution >= 0.6 is 11.3 Å². The lowest BCUT2D eigenvalue weighted by molar-refractivity contribution is 0.171. The predicted molar refractivity (Wildman–Crippen MR) is 107 cm³/mol. The molecule has 1 aliphatic rings. The average molecular weight is 380 g/mol. The molecule has 1 aromatic heterocycles. The van der Waals surface area contributed by atoms with Gasteiger partial charge in [-0.3, -0.25) is 0 Å². The SMILES string of the molecule is C=CCn1c(-c2ccc3c(c2)OCCO3)csc1=Nc1ccc(OC)cc1. The number of thiazole rings is 1. The summed E-state index contributed by atoms with van der Waals surface area (Å²) in [5, 5.41) is 2.11. The van der Waals surface area contributed by atoms with Gasteiger partial charge in [0.1, 0.15) is 19.0 Å². The zero-order valence-corrected chi connectivity index (χ0v) is 15.9. The molecule has 0 N–H and O–H groups in total. The van der Waals surface area contributed by atoms with Gasteiger partial charge in [-0.1, -0.05) is 6.08 Å². The summed E-state index contributed by atoms with van der Waals surface area (Å²) in [4.78, 5) is 5.70. The second kappa shape index (κ2) is 7.72. The zero-order chi connectivity index (χ0) is 18.6. The summed E-state index contributed by atoms with van der Waals surface area (Å²) in [6.45, 7) is 5.72. The van der Waals surface area contributed by atoms with E-state index in [1.807, 2.05) is 48.5 Å². The van der Waals surface area contributed by atoms with E-state index < -0.39 is 0 Å². The number of rotatable bonds is 5. The fourth-order valence-electron chi connectivity index (χ4n) is 2.92. The molecular formula is C21H20N2O3S. The van der Waals surface area contributed by atoms with Gasteiger partial charge in [0.05, 0.1) is 18.5 Å². The number of aromatic nitrogens is 1. The molecule has 0 amide bonds. The molecule has 0 saturated heterocycles. The van der Waals surface area contributed by atoms with Crippen LogP contribution in [0.25, 0.3) is 11.3 Å². The number of methoxy groups -OCH3 is 1. The third kappa shape index (κ3) is 3.61. The molecule has 3 aromatic rings. The van der Waals surface area contributed by atoms with E-state index in [1.54, 1.807) is 18.4 Å². The Hall–Kier alpha value is -2.99. The summed E-state index contributed by atoms with van der Waals surface area (Å²) in [5.74, 6) is 2.39. The highest BCUT2D eigenvalue weighted by molar-refractivity contribution is 7.07. The van der Waals surface area contributed by atoms with Gasteiger partial charge in [0.2, 0.25) is 0 Å². The molecule has 138 valence electrons. The van der Waals surface area contributed by atoms with Crippen molar-refractivity contribution in [3.05, 3.63) is 65.3 Å². The largest absolute Gasteiger partial charge is 0.497 e. The fourth-order valence-corrected chi connectivity index (χ4v) is 3.86. The molecule has 0 saturated carbocycles. The molecule has 1 aliphatic heterocycles. The Morgan fingerprint density at radius 1 is 1.15 bits per heavy atom. The molecule has 27 heavy (non-hydrogen) atoms. The number of allylic oxidation sites excluding steroid dienone is 1. The predicted octanol–water partition coefficient (Wildman–Crippen LogP) is 4.41. The van der Waals surface area contributed by atoms with E-state index in [-0.39, 0.29) is 0 Å². The monoisotopic (exact) mass is 380 g/mol. The van der Waals surface area contributed by atoms with Crippen LogP contribution in [0.3, 0.4) is 0 Å². The van der Waals surface area contributed by atoms with Crippen molar-refractivity contribution in [2.24, 2.45) is 4.99 Å². The van der Waals surface area contributed by atoms with Crippen LogP contribution < -0.4 is 19.0 Å². The van der Waals surface area contributed by atoms with Gasteiger partial charge in [0.15, 0.2) is 16.3 Å². The topological polar surface area (TPSA) is 45.0 Å². The minimum absolute atomic E-state index is 0.574. The van der Waals surface area contributed by atoms with E-state index in [0.29, 0.717) is 19.8 Å². The van der Waals surface area contributed by atoms with E-state index in [1.165, 1.54) is 0 Å². The molecule has 0 fully saturated rings. The fraction of sp³-hybridized carbons (Fsp3) is 0.190. The first-order valence-electron chi connectivity index (χ1n) is 8.66. The molecule has 0 bridgehead atoms. The lowest BCUT2D eigenvalue weighted by Crippen LogP contribution is -2.16. The van der Waals surface area contributed by atoms with Gasteiger partial charge in [-0.25, -0.2) is 4.99 Å². The van der Waals surface area contributed by atoms with Crippen molar-refractivity contribution in [1.29, 1.82) is 0 Å². The second-order valence-electron chi connectivity index (χ2n) is 5.97. The van der Waals surface area contributed by atoms with Crippen LogP contribution in [0.2, 0.25) is 0 Å². The number of fused-ring (bicyclic) bond motifs is 1.